The van der Waals surface area contributed by atoms with Crippen LogP contribution in [0.1, 0.15) is 26.5 Å². The molecule has 0 aliphatic rings. The number of carbonyl (C=O) groups excluding carboxylic acids is 3. The van der Waals surface area contributed by atoms with Crippen LogP contribution < -0.4 is 21.7 Å². The number of rotatable bonds is 11. The zero-order valence-electron chi connectivity index (χ0n) is 16.5. The first kappa shape index (κ1) is 24.0. The van der Waals surface area contributed by atoms with Crippen molar-refractivity contribution in [1.82, 2.24) is 25.9 Å². The fourth-order valence-electron chi connectivity index (χ4n) is 2.30. The van der Waals surface area contributed by atoms with E-state index in [9.17, 15) is 29.4 Å². The zero-order valence-corrected chi connectivity index (χ0v) is 16.5. The van der Waals surface area contributed by atoms with Crippen LogP contribution in [0.3, 0.4) is 0 Å². The number of aliphatic carboxylic acids is 1. The lowest BCUT2D eigenvalue weighted by atomic mass is 10.1. The fraction of sp³-hybridized carbons (Fsp3) is 0.588. The predicted octanol–water partition coefficient (Wildman–Crippen LogP) is -2.51. The summed E-state index contributed by atoms with van der Waals surface area (Å²) in [4.78, 5) is 54.2. The number of aliphatic hydroxyl groups excluding tert-OH is 1. The van der Waals surface area contributed by atoms with Crippen LogP contribution in [0, 0.1) is 5.92 Å². The van der Waals surface area contributed by atoms with Crippen LogP contribution in [-0.2, 0) is 25.6 Å². The van der Waals surface area contributed by atoms with Crippen molar-refractivity contribution in [3.05, 3.63) is 18.2 Å². The molecule has 0 saturated heterocycles. The molecule has 3 amide bonds. The second-order valence-electron chi connectivity index (χ2n) is 6.95. The molecule has 0 aromatic carbocycles. The van der Waals surface area contributed by atoms with Crippen molar-refractivity contribution in [1.29, 1.82) is 0 Å². The van der Waals surface area contributed by atoms with Gasteiger partial charge in [0.1, 0.15) is 12.1 Å². The van der Waals surface area contributed by atoms with Crippen LogP contribution in [0.2, 0.25) is 0 Å². The van der Waals surface area contributed by atoms with E-state index in [1.54, 1.807) is 13.8 Å². The molecule has 1 aromatic rings. The lowest BCUT2D eigenvalue weighted by Crippen LogP contribution is -2.57. The maximum absolute atomic E-state index is 12.4. The summed E-state index contributed by atoms with van der Waals surface area (Å²) in [5.74, 6) is -3.57. The smallest absolute Gasteiger partial charge is 0.326 e. The lowest BCUT2D eigenvalue weighted by Gasteiger charge is -2.23. The van der Waals surface area contributed by atoms with Crippen molar-refractivity contribution in [2.45, 2.75) is 51.4 Å². The van der Waals surface area contributed by atoms with Crippen molar-refractivity contribution < 1.29 is 29.4 Å². The molecule has 12 heteroatoms. The predicted molar refractivity (Wildman–Crippen MR) is 101 cm³/mol. The van der Waals surface area contributed by atoms with Gasteiger partial charge in [-0.25, -0.2) is 9.78 Å². The Morgan fingerprint density at radius 2 is 1.83 bits per heavy atom. The molecule has 1 heterocycles. The molecule has 4 atom stereocenters. The van der Waals surface area contributed by atoms with E-state index in [2.05, 4.69) is 25.9 Å². The average molecular weight is 412 g/mol. The number of carboxylic acids is 1. The Morgan fingerprint density at radius 3 is 2.31 bits per heavy atom. The van der Waals surface area contributed by atoms with Gasteiger partial charge in [-0.15, -0.1) is 0 Å². The van der Waals surface area contributed by atoms with Crippen LogP contribution in [0.5, 0.6) is 0 Å². The summed E-state index contributed by atoms with van der Waals surface area (Å²) in [5, 5.41) is 26.0. The number of carboxylic acid groups (broad SMARTS) is 1. The quantitative estimate of drug-likeness (QED) is 0.206. The number of aromatic amines is 1. The number of nitrogens with zero attached hydrogens (tertiary/aromatic N) is 1. The van der Waals surface area contributed by atoms with E-state index >= 15 is 0 Å². The van der Waals surface area contributed by atoms with Crippen LogP contribution >= 0.6 is 0 Å². The van der Waals surface area contributed by atoms with Crippen LogP contribution in [0.25, 0.3) is 0 Å². The van der Waals surface area contributed by atoms with Gasteiger partial charge in [0, 0.05) is 18.3 Å². The standard InChI is InChI=1S/C17H28N6O6/c1-8(2)13(18)15(26)20-6-12(25)23-14(9(3)24)16(27)22-11(17(28)29)4-10-5-19-7-21-10/h5,7-9,11,13-14,24H,4,6,18H2,1-3H3,(H,19,21)(H,20,26)(H,22,27)(H,23,25)(H,28,29). The normalized spacial score (nSPS) is 15.1. The highest BCUT2D eigenvalue weighted by atomic mass is 16.4. The summed E-state index contributed by atoms with van der Waals surface area (Å²) in [7, 11) is 0. The topological polar surface area (TPSA) is 200 Å². The number of aliphatic hydroxyl groups is 1. The maximum Gasteiger partial charge on any atom is 0.326 e. The third-order valence-corrected chi connectivity index (χ3v) is 4.12. The number of hydrogen-bond donors (Lipinski definition) is 7. The highest BCUT2D eigenvalue weighted by Crippen LogP contribution is 2.02. The molecule has 0 spiro atoms. The molecule has 1 aromatic heterocycles. The molecule has 0 bridgehead atoms. The van der Waals surface area contributed by atoms with Crippen molar-refractivity contribution in [3.8, 4) is 0 Å². The Bertz CT molecular complexity index is 705. The summed E-state index contributed by atoms with van der Waals surface area (Å²) in [5.41, 5.74) is 6.16. The van der Waals surface area contributed by atoms with Gasteiger partial charge in [0.2, 0.25) is 17.7 Å². The van der Waals surface area contributed by atoms with E-state index in [0.29, 0.717) is 5.69 Å². The molecule has 8 N–H and O–H groups in total. The molecule has 0 saturated carbocycles. The third-order valence-electron chi connectivity index (χ3n) is 4.12. The molecule has 29 heavy (non-hydrogen) atoms. The number of carbonyl (C=O) groups is 4. The molecule has 162 valence electrons. The van der Waals surface area contributed by atoms with E-state index in [4.69, 9.17) is 5.73 Å². The average Bonchev–Trinajstić information content (AvgIpc) is 3.15. The minimum atomic E-state index is -1.42. The van der Waals surface area contributed by atoms with Crippen molar-refractivity contribution >= 4 is 23.7 Å². The molecule has 1 rings (SSSR count). The first-order chi connectivity index (χ1) is 13.5. The highest BCUT2D eigenvalue weighted by Gasteiger charge is 2.30. The van der Waals surface area contributed by atoms with Crippen LogP contribution in [0.4, 0.5) is 0 Å². The van der Waals surface area contributed by atoms with Crippen molar-refractivity contribution in [3.63, 3.8) is 0 Å². The molecular weight excluding hydrogens is 384 g/mol. The van der Waals surface area contributed by atoms with Gasteiger partial charge in [0.25, 0.3) is 0 Å². The first-order valence-corrected chi connectivity index (χ1v) is 9.04. The van der Waals surface area contributed by atoms with E-state index in [0.717, 1.165) is 0 Å². The van der Waals surface area contributed by atoms with E-state index in [1.807, 2.05) is 0 Å². The largest absolute Gasteiger partial charge is 0.480 e. The molecule has 0 aliphatic carbocycles. The zero-order chi connectivity index (χ0) is 22.1. The van der Waals surface area contributed by atoms with Crippen LogP contribution in [0.15, 0.2) is 12.5 Å². The molecule has 0 radical (unpaired) electrons. The number of imidazole rings is 1. The van der Waals surface area contributed by atoms with Gasteiger partial charge in [0.05, 0.1) is 25.0 Å². The molecule has 4 unspecified atom stereocenters. The number of hydrogen-bond acceptors (Lipinski definition) is 7. The van der Waals surface area contributed by atoms with Crippen molar-refractivity contribution in [2.24, 2.45) is 11.7 Å². The minimum absolute atomic E-state index is 0.0648. The van der Waals surface area contributed by atoms with Gasteiger partial charge in [-0.3, -0.25) is 14.4 Å². The maximum atomic E-state index is 12.4. The Kier molecular flexibility index (Phi) is 9.22. The fourth-order valence-corrected chi connectivity index (χ4v) is 2.30. The van der Waals surface area contributed by atoms with Gasteiger partial charge in [-0.05, 0) is 12.8 Å². The van der Waals surface area contributed by atoms with E-state index in [1.165, 1.54) is 19.4 Å². The summed E-state index contributed by atoms with van der Waals surface area (Å²) >= 11 is 0. The third kappa shape index (κ3) is 7.87. The number of H-pyrrole nitrogens is 1. The van der Waals surface area contributed by atoms with Crippen molar-refractivity contribution in [2.75, 3.05) is 6.54 Å². The summed E-state index contributed by atoms with van der Waals surface area (Å²) in [6.45, 7) is 4.31. The Morgan fingerprint density at radius 1 is 1.17 bits per heavy atom. The monoisotopic (exact) mass is 412 g/mol. The second kappa shape index (κ2) is 11.1. The number of nitrogens with one attached hydrogen (secondary N) is 4. The Labute approximate surface area is 167 Å². The summed E-state index contributed by atoms with van der Waals surface area (Å²) < 4.78 is 0. The van der Waals surface area contributed by atoms with Gasteiger partial charge in [-0.1, -0.05) is 13.8 Å². The van der Waals surface area contributed by atoms with Crippen LogP contribution in [-0.4, -0.2) is 74.6 Å². The summed E-state index contributed by atoms with van der Waals surface area (Å²) in [6, 6.07) is -3.51. The van der Waals surface area contributed by atoms with Gasteiger partial charge >= 0.3 is 5.97 Å². The first-order valence-electron chi connectivity index (χ1n) is 9.04. The SMILES string of the molecule is CC(C)C(N)C(=O)NCC(=O)NC(C(=O)NC(Cc1cnc[nH]1)C(=O)O)C(C)O. The molecular formula is C17H28N6O6. The minimum Gasteiger partial charge on any atom is -0.480 e. The van der Waals surface area contributed by atoms with Gasteiger partial charge in [0.15, 0.2) is 0 Å². The summed E-state index contributed by atoms with van der Waals surface area (Å²) in [6.07, 6.45) is 1.41. The Hall–Kier alpha value is -2.99. The number of amides is 3. The lowest BCUT2D eigenvalue weighted by molar-refractivity contribution is -0.143. The van der Waals surface area contributed by atoms with E-state index < -0.39 is 54.5 Å². The molecule has 0 fully saturated rings. The molecule has 12 nitrogen and oxygen atoms in total. The second-order valence-corrected chi connectivity index (χ2v) is 6.95. The molecule has 0 aliphatic heterocycles. The van der Waals surface area contributed by atoms with Gasteiger partial charge in [-0.2, -0.15) is 0 Å². The number of aromatic nitrogens is 2. The van der Waals surface area contributed by atoms with Gasteiger partial charge < -0.3 is 36.9 Å². The highest BCUT2D eigenvalue weighted by molar-refractivity contribution is 5.92. The van der Waals surface area contributed by atoms with E-state index in [-0.39, 0.29) is 12.3 Å². The number of nitrogens with two attached hydrogens (primary N) is 1. The Balaban J connectivity index is 2.67.